The number of alkyl halides is 3. The van der Waals surface area contributed by atoms with Gasteiger partial charge in [-0.25, -0.2) is 0 Å². The first-order valence-electron chi connectivity index (χ1n) is 5.77. The van der Waals surface area contributed by atoms with Crippen molar-refractivity contribution in [1.82, 2.24) is 5.32 Å². The highest BCUT2D eigenvalue weighted by Gasteiger charge is 2.28. The molecule has 0 radical (unpaired) electrons. The first-order chi connectivity index (χ1) is 7.35. The maximum atomic E-state index is 12.1. The quantitative estimate of drug-likeness (QED) is 0.709. The van der Waals surface area contributed by atoms with E-state index in [4.69, 9.17) is 0 Å². The molecule has 5 heteroatoms. The predicted molar refractivity (Wildman–Crippen MR) is 65.0 cm³/mol. The summed E-state index contributed by atoms with van der Waals surface area (Å²) in [6, 6.07) is -0.0195. The Balaban J connectivity index is 3.89. The minimum atomic E-state index is -4.03. The van der Waals surface area contributed by atoms with E-state index in [0.29, 0.717) is 5.25 Å². The molecule has 0 aromatic rings. The average Bonchev–Trinajstić information content (AvgIpc) is 2.15. The van der Waals surface area contributed by atoms with Crippen molar-refractivity contribution in [2.75, 3.05) is 12.3 Å². The maximum Gasteiger partial charge on any atom is 0.389 e. The monoisotopic (exact) mass is 257 g/mol. The van der Waals surface area contributed by atoms with E-state index in [1.165, 1.54) is 0 Å². The van der Waals surface area contributed by atoms with E-state index in [-0.39, 0.29) is 12.5 Å². The van der Waals surface area contributed by atoms with Crippen molar-refractivity contribution in [3.8, 4) is 0 Å². The van der Waals surface area contributed by atoms with Gasteiger partial charge in [-0.05, 0) is 24.6 Å². The third-order valence-corrected chi connectivity index (χ3v) is 3.35. The molecule has 1 unspecified atom stereocenters. The van der Waals surface area contributed by atoms with E-state index in [0.717, 1.165) is 18.7 Å². The zero-order chi connectivity index (χ0) is 12.6. The number of nitrogens with one attached hydrogen (secondary N) is 1. The van der Waals surface area contributed by atoms with Crippen LogP contribution < -0.4 is 5.32 Å². The van der Waals surface area contributed by atoms with Gasteiger partial charge in [-0.1, -0.05) is 20.8 Å². The molecule has 0 rings (SSSR count). The summed E-state index contributed by atoms with van der Waals surface area (Å²) >= 11 is 1.71. The standard InChI is InChI=1S/C11H22F3NS/c1-4-7-15-10(8-16-9(2)3)5-6-11(12,13)14/h9-10,15H,4-8H2,1-3H3. The lowest BCUT2D eigenvalue weighted by molar-refractivity contribution is -0.136. The summed E-state index contributed by atoms with van der Waals surface area (Å²) in [4.78, 5) is 0. The van der Waals surface area contributed by atoms with Gasteiger partial charge in [-0.3, -0.25) is 0 Å². The van der Waals surface area contributed by atoms with Gasteiger partial charge in [0.2, 0.25) is 0 Å². The molecule has 16 heavy (non-hydrogen) atoms. The second-order valence-electron chi connectivity index (χ2n) is 4.19. The lowest BCUT2D eigenvalue weighted by Crippen LogP contribution is -2.33. The Morgan fingerprint density at radius 3 is 2.31 bits per heavy atom. The topological polar surface area (TPSA) is 12.0 Å². The van der Waals surface area contributed by atoms with Crippen LogP contribution in [-0.2, 0) is 0 Å². The second-order valence-corrected chi connectivity index (χ2v) is 5.80. The molecule has 0 spiro atoms. The van der Waals surface area contributed by atoms with Crippen LogP contribution in [0.2, 0.25) is 0 Å². The molecular formula is C11H22F3NS. The zero-order valence-electron chi connectivity index (χ0n) is 10.2. The number of rotatable bonds is 8. The number of hydrogen-bond donors (Lipinski definition) is 1. The fraction of sp³-hybridized carbons (Fsp3) is 1.00. The van der Waals surface area contributed by atoms with E-state index in [1.54, 1.807) is 11.8 Å². The van der Waals surface area contributed by atoms with E-state index < -0.39 is 12.6 Å². The molecule has 0 heterocycles. The fourth-order valence-corrected chi connectivity index (χ4v) is 2.14. The molecule has 0 bridgehead atoms. The molecular weight excluding hydrogens is 235 g/mol. The Morgan fingerprint density at radius 1 is 1.25 bits per heavy atom. The first-order valence-corrected chi connectivity index (χ1v) is 6.81. The summed E-state index contributed by atoms with van der Waals surface area (Å²) in [5.41, 5.74) is 0. The van der Waals surface area contributed by atoms with Crippen molar-refractivity contribution >= 4 is 11.8 Å². The van der Waals surface area contributed by atoms with Crippen LogP contribution in [0.15, 0.2) is 0 Å². The zero-order valence-corrected chi connectivity index (χ0v) is 11.0. The largest absolute Gasteiger partial charge is 0.389 e. The molecule has 0 amide bonds. The van der Waals surface area contributed by atoms with E-state index >= 15 is 0 Å². The molecule has 0 saturated carbocycles. The van der Waals surface area contributed by atoms with Crippen LogP contribution in [0.4, 0.5) is 13.2 Å². The third kappa shape index (κ3) is 10.6. The minimum Gasteiger partial charge on any atom is -0.313 e. The maximum absolute atomic E-state index is 12.1. The van der Waals surface area contributed by atoms with Crippen molar-refractivity contribution in [2.24, 2.45) is 0 Å². The van der Waals surface area contributed by atoms with Gasteiger partial charge in [0.05, 0.1) is 0 Å². The Labute approximate surface area is 101 Å². The minimum absolute atomic E-state index is 0.0195. The molecule has 1 N–H and O–H groups in total. The molecule has 98 valence electrons. The number of halogens is 3. The van der Waals surface area contributed by atoms with Crippen LogP contribution in [0, 0.1) is 0 Å². The molecule has 1 nitrogen and oxygen atoms in total. The van der Waals surface area contributed by atoms with Gasteiger partial charge in [-0.2, -0.15) is 24.9 Å². The SMILES string of the molecule is CCCNC(CCC(F)(F)F)CSC(C)C. The number of hydrogen-bond acceptors (Lipinski definition) is 2. The van der Waals surface area contributed by atoms with Gasteiger partial charge in [0.25, 0.3) is 0 Å². The van der Waals surface area contributed by atoms with Crippen molar-refractivity contribution < 1.29 is 13.2 Å². The highest BCUT2D eigenvalue weighted by atomic mass is 32.2. The normalized spacial score (nSPS) is 14.4. The second kappa shape index (κ2) is 8.23. The molecule has 0 aliphatic carbocycles. The van der Waals surface area contributed by atoms with Gasteiger partial charge < -0.3 is 5.32 Å². The Morgan fingerprint density at radius 2 is 1.88 bits per heavy atom. The predicted octanol–water partition coefficient (Wildman–Crippen LogP) is 3.84. The Bertz CT molecular complexity index is 171. The fourth-order valence-electron chi connectivity index (χ4n) is 1.24. The van der Waals surface area contributed by atoms with Crippen LogP contribution in [0.5, 0.6) is 0 Å². The molecule has 0 aliphatic heterocycles. The van der Waals surface area contributed by atoms with Crippen molar-refractivity contribution in [1.29, 1.82) is 0 Å². The molecule has 0 saturated heterocycles. The lowest BCUT2D eigenvalue weighted by atomic mass is 10.2. The van der Waals surface area contributed by atoms with Crippen LogP contribution in [0.3, 0.4) is 0 Å². The summed E-state index contributed by atoms with van der Waals surface area (Å²) in [7, 11) is 0. The Hall–Kier alpha value is 0.100. The molecule has 0 fully saturated rings. The average molecular weight is 257 g/mol. The highest BCUT2D eigenvalue weighted by Crippen LogP contribution is 2.23. The van der Waals surface area contributed by atoms with Gasteiger partial charge >= 0.3 is 6.18 Å². The first kappa shape index (κ1) is 16.1. The summed E-state index contributed by atoms with van der Waals surface area (Å²) < 4.78 is 36.3. The van der Waals surface area contributed by atoms with Gasteiger partial charge in [0, 0.05) is 18.2 Å². The lowest BCUT2D eigenvalue weighted by Gasteiger charge is -2.20. The summed E-state index contributed by atoms with van der Waals surface area (Å²) in [6.45, 7) is 6.93. The van der Waals surface area contributed by atoms with Crippen molar-refractivity contribution in [3.05, 3.63) is 0 Å². The summed E-state index contributed by atoms with van der Waals surface area (Å²) in [5.74, 6) is 0.758. The summed E-state index contributed by atoms with van der Waals surface area (Å²) in [5, 5.41) is 3.65. The van der Waals surface area contributed by atoms with Crippen molar-refractivity contribution in [3.63, 3.8) is 0 Å². The molecule has 0 aromatic carbocycles. The van der Waals surface area contributed by atoms with Gasteiger partial charge in [0.1, 0.15) is 0 Å². The van der Waals surface area contributed by atoms with E-state index in [2.05, 4.69) is 19.2 Å². The highest BCUT2D eigenvalue weighted by molar-refractivity contribution is 7.99. The summed E-state index contributed by atoms with van der Waals surface area (Å²) in [6.07, 6.45) is -3.58. The van der Waals surface area contributed by atoms with Crippen LogP contribution in [-0.4, -0.2) is 29.8 Å². The molecule has 0 aromatic heterocycles. The van der Waals surface area contributed by atoms with E-state index in [1.807, 2.05) is 6.92 Å². The van der Waals surface area contributed by atoms with Gasteiger partial charge in [-0.15, -0.1) is 0 Å². The van der Waals surface area contributed by atoms with Crippen LogP contribution in [0.1, 0.15) is 40.0 Å². The molecule has 1 atom stereocenters. The van der Waals surface area contributed by atoms with Crippen LogP contribution in [0.25, 0.3) is 0 Å². The number of thioether (sulfide) groups is 1. The Kier molecular flexibility index (Phi) is 8.28. The smallest absolute Gasteiger partial charge is 0.313 e. The molecule has 0 aliphatic rings. The van der Waals surface area contributed by atoms with E-state index in [9.17, 15) is 13.2 Å². The van der Waals surface area contributed by atoms with Gasteiger partial charge in [0.15, 0.2) is 0 Å². The van der Waals surface area contributed by atoms with Crippen molar-refractivity contribution in [2.45, 2.75) is 57.5 Å². The third-order valence-electron chi connectivity index (χ3n) is 2.09. The van der Waals surface area contributed by atoms with Crippen LogP contribution >= 0.6 is 11.8 Å².